The second-order valence-electron chi connectivity index (χ2n) is 5.09. The summed E-state index contributed by atoms with van der Waals surface area (Å²) in [5.74, 6) is -0.488. The molecule has 21 heavy (non-hydrogen) atoms. The first-order valence-corrected chi connectivity index (χ1v) is 7.54. The minimum absolute atomic E-state index is 0.0113. The first-order valence-electron chi connectivity index (χ1n) is 6.73. The summed E-state index contributed by atoms with van der Waals surface area (Å²) in [6.07, 6.45) is 0.835. The topological polar surface area (TPSA) is 37.4 Å². The average molecular weight is 303 g/mol. The van der Waals surface area contributed by atoms with Crippen molar-refractivity contribution in [1.82, 2.24) is 0 Å². The van der Waals surface area contributed by atoms with E-state index in [-0.39, 0.29) is 24.1 Å². The molecule has 1 aliphatic heterocycles. The number of hydrogen-bond donors (Lipinski definition) is 0. The van der Waals surface area contributed by atoms with Crippen molar-refractivity contribution in [2.75, 3.05) is 11.4 Å². The second-order valence-corrected chi connectivity index (χ2v) is 6.37. The highest BCUT2D eigenvalue weighted by Crippen LogP contribution is 2.29. The van der Waals surface area contributed by atoms with Gasteiger partial charge in [0.15, 0.2) is 5.78 Å². The molecule has 1 amide bonds. The van der Waals surface area contributed by atoms with E-state index in [2.05, 4.69) is 0 Å². The summed E-state index contributed by atoms with van der Waals surface area (Å²) in [4.78, 5) is 27.6. The summed E-state index contributed by atoms with van der Waals surface area (Å²) in [7, 11) is 0. The van der Waals surface area contributed by atoms with Crippen LogP contribution in [0.2, 0.25) is 0 Å². The monoisotopic (exact) mass is 303 g/mol. The molecule has 0 unspecified atom stereocenters. The van der Waals surface area contributed by atoms with Crippen molar-refractivity contribution in [3.8, 4) is 0 Å². The smallest absolute Gasteiger partial charge is 0.227 e. The number of ketones is 1. The predicted molar refractivity (Wildman–Crippen MR) is 80.5 cm³/mol. The maximum Gasteiger partial charge on any atom is 0.227 e. The molecule has 108 valence electrons. The van der Waals surface area contributed by atoms with E-state index in [0.29, 0.717) is 23.4 Å². The maximum absolute atomic E-state index is 13.3. The molecule has 0 N–H and O–H groups in total. The lowest BCUT2D eigenvalue weighted by Crippen LogP contribution is -2.38. The SMILES string of the molecule is Cc1ccc(C(=O)CN2C(=O)CCc3cc(F)ccc32)s1. The average Bonchev–Trinajstić information content (AvgIpc) is 2.88. The highest BCUT2D eigenvalue weighted by atomic mass is 32.1. The molecule has 0 spiro atoms. The van der Waals surface area contributed by atoms with E-state index in [1.807, 2.05) is 13.0 Å². The molecule has 5 heteroatoms. The fourth-order valence-corrected chi connectivity index (χ4v) is 3.31. The van der Waals surface area contributed by atoms with Crippen molar-refractivity contribution in [3.05, 3.63) is 51.5 Å². The van der Waals surface area contributed by atoms with Crippen LogP contribution in [0, 0.1) is 12.7 Å². The Bertz CT molecular complexity index is 723. The van der Waals surface area contributed by atoms with Crippen LogP contribution in [0.1, 0.15) is 26.5 Å². The van der Waals surface area contributed by atoms with Crippen LogP contribution in [0.4, 0.5) is 10.1 Å². The lowest BCUT2D eigenvalue weighted by molar-refractivity contribution is -0.118. The molecule has 2 aromatic rings. The molecular weight excluding hydrogens is 289 g/mol. The molecule has 3 rings (SSSR count). The molecule has 0 atom stereocenters. The van der Waals surface area contributed by atoms with E-state index < -0.39 is 0 Å². The molecule has 0 saturated heterocycles. The number of benzene rings is 1. The Hall–Kier alpha value is -2.01. The molecule has 3 nitrogen and oxygen atoms in total. The van der Waals surface area contributed by atoms with Crippen molar-refractivity contribution < 1.29 is 14.0 Å². The second kappa shape index (κ2) is 5.41. The van der Waals surface area contributed by atoms with Gasteiger partial charge in [-0.1, -0.05) is 0 Å². The number of carbonyl (C=O) groups excluding carboxylic acids is 2. The van der Waals surface area contributed by atoms with Gasteiger partial charge >= 0.3 is 0 Å². The van der Waals surface area contributed by atoms with E-state index >= 15 is 0 Å². The van der Waals surface area contributed by atoms with Gasteiger partial charge in [0, 0.05) is 17.0 Å². The Morgan fingerprint density at radius 1 is 1.29 bits per heavy atom. The van der Waals surface area contributed by atoms with E-state index in [1.165, 1.54) is 28.4 Å². The third-order valence-electron chi connectivity index (χ3n) is 3.56. The number of anilines is 1. The summed E-state index contributed by atoms with van der Waals surface area (Å²) in [5, 5.41) is 0. The van der Waals surface area contributed by atoms with Crippen molar-refractivity contribution in [2.45, 2.75) is 19.8 Å². The Morgan fingerprint density at radius 3 is 2.81 bits per heavy atom. The molecular formula is C16H14FNO2S. The third-order valence-corrected chi connectivity index (χ3v) is 4.60. The summed E-state index contributed by atoms with van der Waals surface area (Å²) < 4.78 is 13.3. The summed E-state index contributed by atoms with van der Waals surface area (Å²) in [6.45, 7) is 1.95. The first-order chi connectivity index (χ1) is 10.0. The molecule has 0 fully saturated rings. The first kappa shape index (κ1) is 13.9. The van der Waals surface area contributed by atoms with E-state index in [0.717, 1.165) is 10.4 Å². The molecule has 0 radical (unpaired) electrons. The van der Waals surface area contributed by atoms with Gasteiger partial charge in [-0.3, -0.25) is 9.59 Å². The van der Waals surface area contributed by atoms with Crippen LogP contribution in [-0.4, -0.2) is 18.2 Å². The Morgan fingerprint density at radius 2 is 2.10 bits per heavy atom. The Labute approximate surface area is 126 Å². The minimum Gasteiger partial charge on any atom is -0.304 e. The van der Waals surface area contributed by atoms with Gasteiger partial charge in [-0.25, -0.2) is 4.39 Å². The lowest BCUT2D eigenvalue weighted by atomic mass is 10.0. The van der Waals surface area contributed by atoms with Gasteiger partial charge in [0.2, 0.25) is 5.91 Å². The van der Waals surface area contributed by atoms with Crippen molar-refractivity contribution in [3.63, 3.8) is 0 Å². The summed E-state index contributed by atoms with van der Waals surface area (Å²) in [5.41, 5.74) is 1.43. The number of fused-ring (bicyclic) bond motifs is 1. The van der Waals surface area contributed by atoms with Gasteiger partial charge in [-0.15, -0.1) is 11.3 Å². The number of hydrogen-bond acceptors (Lipinski definition) is 3. The van der Waals surface area contributed by atoms with Crippen LogP contribution in [0.15, 0.2) is 30.3 Å². The quantitative estimate of drug-likeness (QED) is 0.815. The fourth-order valence-electron chi connectivity index (χ4n) is 2.51. The summed E-state index contributed by atoms with van der Waals surface area (Å²) >= 11 is 1.42. The fraction of sp³-hybridized carbons (Fsp3) is 0.250. The van der Waals surface area contributed by atoms with Gasteiger partial charge in [0.1, 0.15) is 5.82 Å². The van der Waals surface area contributed by atoms with Gasteiger partial charge < -0.3 is 4.90 Å². The zero-order valence-electron chi connectivity index (χ0n) is 11.6. The minimum atomic E-state index is -0.316. The normalized spacial score (nSPS) is 14.2. The molecule has 1 aromatic carbocycles. The molecule has 1 aromatic heterocycles. The van der Waals surface area contributed by atoms with Crippen LogP contribution < -0.4 is 4.90 Å². The van der Waals surface area contributed by atoms with Crippen LogP contribution in [0.3, 0.4) is 0 Å². The Kier molecular flexibility index (Phi) is 3.59. The molecule has 2 heterocycles. The number of rotatable bonds is 3. The summed E-state index contributed by atoms with van der Waals surface area (Å²) in [6, 6.07) is 8.01. The zero-order valence-corrected chi connectivity index (χ0v) is 12.4. The molecule has 0 saturated carbocycles. The standard InChI is InChI=1S/C16H14FNO2S/c1-10-2-6-15(21-10)14(19)9-18-13-5-4-12(17)8-11(13)3-7-16(18)20/h2,4-6,8H,3,7,9H2,1H3. The number of amides is 1. The third kappa shape index (κ3) is 2.74. The number of nitrogens with zero attached hydrogens (tertiary/aromatic N) is 1. The lowest BCUT2D eigenvalue weighted by Gasteiger charge is -2.28. The maximum atomic E-state index is 13.3. The van der Waals surface area contributed by atoms with E-state index in [9.17, 15) is 14.0 Å². The van der Waals surface area contributed by atoms with Gasteiger partial charge in [-0.2, -0.15) is 0 Å². The van der Waals surface area contributed by atoms with Gasteiger partial charge in [0.05, 0.1) is 11.4 Å². The predicted octanol–water partition coefficient (Wildman–Crippen LogP) is 3.36. The molecule has 0 bridgehead atoms. The van der Waals surface area contributed by atoms with Crippen molar-refractivity contribution >= 4 is 28.7 Å². The highest BCUT2D eigenvalue weighted by molar-refractivity contribution is 7.14. The number of Topliss-reactive ketones (excluding diaryl/α,β-unsaturated/α-hetero) is 1. The zero-order chi connectivity index (χ0) is 15.0. The Balaban J connectivity index is 1.88. The largest absolute Gasteiger partial charge is 0.304 e. The number of carbonyl (C=O) groups is 2. The number of thiophene rings is 1. The molecule has 1 aliphatic rings. The van der Waals surface area contributed by atoms with Crippen LogP contribution in [0.5, 0.6) is 0 Å². The van der Waals surface area contributed by atoms with Crippen molar-refractivity contribution in [1.29, 1.82) is 0 Å². The van der Waals surface area contributed by atoms with E-state index in [1.54, 1.807) is 12.1 Å². The van der Waals surface area contributed by atoms with Gasteiger partial charge in [0.25, 0.3) is 0 Å². The number of halogens is 1. The highest BCUT2D eigenvalue weighted by Gasteiger charge is 2.26. The van der Waals surface area contributed by atoms with Crippen LogP contribution in [-0.2, 0) is 11.2 Å². The van der Waals surface area contributed by atoms with Gasteiger partial charge in [-0.05, 0) is 49.2 Å². The molecule has 0 aliphatic carbocycles. The number of aryl methyl sites for hydroxylation is 2. The van der Waals surface area contributed by atoms with Crippen LogP contribution in [0.25, 0.3) is 0 Å². The van der Waals surface area contributed by atoms with Crippen LogP contribution >= 0.6 is 11.3 Å². The van der Waals surface area contributed by atoms with Crippen molar-refractivity contribution in [2.24, 2.45) is 0 Å². The van der Waals surface area contributed by atoms with E-state index in [4.69, 9.17) is 0 Å².